The van der Waals surface area contributed by atoms with Gasteiger partial charge in [0.25, 0.3) is 0 Å². The van der Waals surface area contributed by atoms with E-state index in [2.05, 4.69) is 6.92 Å². The van der Waals surface area contributed by atoms with E-state index in [1.54, 1.807) is 0 Å². The summed E-state index contributed by atoms with van der Waals surface area (Å²) in [4.78, 5) is 0. The zero-order chi connectivity index (χ0) is 17.2. The lowest BCUT2D eigenvalue weighted by molar-refractivity contribution is -0.0264. The zero-order valence-corrected chi connectivity index (χ0v) is 14.7. The molecule has 2 aliphatic carbocycles. The normalized spacial score (nSPS) is 34.2. The fourth-order valence-electron chi connectivity index (χ4n) is 5.06. The van der Waals surface area contributed by atoms with Crippen LogP contribution in [0, 0.1) is 29.4 Å². The van der Waals surface area contributed by atoms with Gasteiger partial charge < -0.3 is 5.11 Å². The van der Waals surface area contributed by atoms with Crippen LogP contribution in [-0.4, -0.2) is 5.11 Å². The summed E-state index contributed by atoms with van der Waals surface area (Å²) in [5.41, 5.74) is -0.649. The molecule has 1 nitrogen and oxygen atoms in total. The Morgan fingerprint density at radius 2 is 1.46 bits per heavy atom. The van der Waals surface area contributed by atoms with Crippen molar-refractivity contribution in [3.05, 3.63) is 35.4 Å². The molecule has 2 aliphatic rings. The van der Waals surface area contributed by atoms with Crippen LogP contribution in [-0.2, 0) is 5.60 Å². The van der Waals surface area contributed by atoms with Gasteiger partial charge >= 0.3 is 0 Å². The van der Waals surface area contributed by atoms with Crippen LogP contribution in [0.15, 0.2) is 18.2 Å². The largest absolute Gasteiger partial charge is 0.385 e. The molecule has 0 unspecified atom stereocenters. The molecular weight excluding hydrogens is 306 g/mol. The molecule has 0 spiro atoms. The van der Waals surface area contributed by atoms with Crippen molar-refractivity contribution in [1.82, 2.24) is 0 Å². The number of hydrogen-bond donors (Lipinski definition) is 1. The third kappa shape index (κ3) is 3.99. The second kappa shape index (κ2) is 7.51. The summed E-state index contributed by atoms with van der Waals surface area (Å²) in [6, 6.07) is 3.45. The topological polar surface area (TPSA) is 20.2 Å². The molecule has 24 heavy (non-hydrogen) atoms. The van der Waals surface area contributed by atoms with Gasteiger partial charge in [-0.3, -0.25) is 0 Å². The van der Waals surface area contributed by atoms with Crippen LogP contribution in [0.3, 0.4) is 0 Å². The molecule has 0 saturated heterocycles. The van der Waals surface area contributed by atoms with Crippen molar-refractivity contribution < 1.29 is 13.9 Å². The molecule has 3 rings (SSSR count). The maximum Gasteiger partial charge on any atom is 0.126 e. The third-order valence-electron chi connectivity index (χ3n) is 6.51. The van der Waals surface area contributed by atoms with Crippen LogP contribution >= 0.6 is 0 Å². The molecule has 0 bridgehead atoms. The summed E-state index contributed by atoms with van der Waals surface area (Å²) >= 11 is 0. The Kier molecular flexibility index (Phi) is 5.59. The second-order valence-corrected chi connectivity index (χ2v) is 8.10. The first-order valence-corrected chi connectivity index (χ1v) is 9.69. The summed E-state index contributed by atoms with van der Waals surface area (Å²) in [5, 5.41) is 10.9. The first-order chi connectivity index (χ1) is 11.5. The first-order valence-electron chi connectivity index (χ1n) is 9.69. The molecular formula is C21H30F2O. The van der Waals surface area contributed by atoms with E-state index in [1.165, 1.54) is 50.7 Å². The van der Waals surface area contributed by atoms with Crippen LogP contribution < -0.4 is 0 Å². The number of benzene rings is 1. The van der Waals surface area contributed by atoms with Crippen molar-refractivity contribution in [3.8, 4) is 0 Å². The molecule has 0 atom stereocenters. The van der Waals surface area contributed by atoms with Gasteiger partial charge in [0.15, 0.2) is 0 Å². The fraction of sp³-hybridized carbons (Fsp3) is 0.714. The predicted octanol–water partition coefficient (Wildman–Crippen LogP) is 5.95. The lowest BCUT2D eigenvalue weighted by Crippen LogP contribution is -2.34. The highest BCUT2D eigenvalue weighted by molar-refractivity contribution is 5.25. The molecule has 2 fully saturated rings. The Labute approximate surface area is 144 Å². The van der Waals surface area contributed by atoms with E-state index >= 15 is 0 Å². The molecule has 0 aromatic heterocycles. The Bertz CT molecular complexity index is 521. The number of hydrogen-bond acceptors (Lipinski definition) is 1. The minimum Gasteiger partial charge on any atom is -0.385 e. The van der Waals surface area contributed by atoms with E-state index in [-0.39, 0.29) is 0 Å². The SMILES string of the molecule is CCCC1CCC(C2CCC(O)(c3cc(F)cc(F)c3)CC2)CC1. The van der Waals surface area contributed by atoms with Gasteiger partial charge in [0.05, 0.1) is 5.60 Å². The number of rotatable bonds is 4. The minimum absolute atomic E-state index is 0.408. The zero-order valence-electron chi connectivity index (χ0n) is 14.7. The van der Waals surface area contributed by atoms with Crippen LogP contribution in [0.2, 0.25) is 0 Å². The Morgan fingerprint density at radius 3 is 2.00 bits per heavy atom. The Hall–Kier alpha value is -0.960. The summed E-state index contributed by atoms with van der Waals surface area (Å²) in [6.45, 7) is 2.27. The van der Waals surface area contributed by atoms with Gasteiger partial charge in [-0.25, -0.2) is 8.78 Å². The summed E-state index contributed by atoms with van der Waals surface area (Å²) in [5.74, 6) is 1.17. The smallest absolute Gasteiger partial charge is 0.126 e. The van der Waals surface area contributed by atoms with Gasteiger partial charge in [0, 0.05) is 6.07 Å². The first kappa shape index (κ1) is 17.8. The monoisotopic (exact) mass is 336 g/mol. The van der Waals surface area contributed by atoms with Crippen LogP contribution in [0.1, 0.15) is 76.7 Å². The van der Waals surface area contributed by atoms with E-state index in [0.717, 1.165) is 30.7 Å². The summed E-state index contributed by atoms with van der Waals surface area (Å²) < 4.78 is 26.9. The predicted molar refractivity (Wildman–Crippen MR) is 92.6 cm³/mol. The second-order valence-electron chi connectivity index (χ2n) is 8.10. The highest BCUT2D eigenvalue weighted by atomic mass is 19.1. The lowest BCUT2D eigenvalue weighted by Gasteiger charge is -2.41. The highest BCUT2D eigenvalue weighted by Crippen LogP contribution is 2.46. The molecule has 0 heterocycles. The molecule has 134 valence electrons. The van der Waals surface area contributed by atoms with Gasteiger partial charge in [-0.1, -0.05) is 32.6 Å². The van der Waals surface area contributed by atoms with Gasteiger partial charge in [-0.05, 0) is 74.0 Å². The minimum atomic E-state index is -1.06. The van der Waals surface area contributed by atoms with Crippen molar-refractivity contribution in [1.29, 1.82) is 0 Å². The molecule has 0 radical (unpaired) electrons. The van der Waals surface area contributed by atoms with Gasteiger partial charge in [-0.15, -0.1) is 0 Å². The third-order valence-corrected chi connectivity index (χ3v) is 6.51. The van der Waals surface area contributed by atoms with Crippen molar-refractivity contribution in [2.45, 2.75) is 76.7 Å². The molecule has 0 amide bonds. The van der Waals surface area contributed by atoms with E-state index in [0.29, 0.717) is 24.3 Å². The van der Waals surface area contributed by atoms with Crippen molar-refractivity contribution in [2.24, 2.45) is 17.8 Å². The average Bonchev–Trinajstić information content (AvgIpc) is 2.56. The van der Waals surface area contributed by atoms with Crippen molar-refractivity contribution in [3.63, 3.8) is 0 Å². The van der Waals surface area contributed by atoms with Gasteiger partial charge in [-0.2, -0.15) is 0 Å². The Morgan fingerprint density at radius 1 is 0.917 bits per heavy atom. The molecule has 2 saturated carbocycles. The highest BCUT2D eigenvalue weighted by Gasteiger charge is 2.38. The van der Waals surface area contributed by atoms with Crippen LogP contribution in [0.5, 0.6) is 0 Å². The standard InChI is InChI=1S/C21H30F2O/c1-2-3-15-4-6-16(7-5-15)17-8-10-21(24,11-9-17)18-12-19(22)14-20(23)13-18/h12-17,24H,2-11H2,1H3. The maximum atomic E-state index is 13.5. The average molecular weight is 336 g/mol. The number of halogens is 2. The van der Waals surface area contributed by atoms with Crippen molar-refractivity contribution >= 4 is 0 Å². The maximum absolute atomic E-state index is 13.5. The molecule has 3 heteroatoms. The molecule has 1 aromatic rings. The van der Waals surface area contributed by atoms with Gasteiger partial charge in [0.1, 0.15) is 11.6 Å². The Balaban J connectivity index is 1.57. The molecule has 1 aromatic carbocycles. The van der Waals surface area contributed by atoms with E-state index in [4.69, 9.17) is 0 Å². The molecule has 0 aliphatic heterocycles. The van der Waals surface area contributed by atoms with Crippen LogP contribution in [0.4, 0.5) is 8.78 Å². The quantitative estimate of drug-likeness (QED) is 0.720. The van der Waals surface area contributed by atoms with E-state index < -0.39 is 17.2 Å². The van der Waals surface area contributed by atoms with Crippen molar-refractivity contribution in [2.75, 3.05) is 0 Å². The molecule has 1 N–H and O–H groups in total. The van der Waals surface area contributed by atoms with E-state index in [9.17, 15) is 13.9 Å². The fourth-order valence-corrected chi connectivity index (χ4v) is 5.06. The summed E-state index contributed by atoms with van der Waals surface area (Å²) in [6.07, 6.45) is 11.2. The van der Waals surface area contributed by atoms with Crippen LogP contribution in [0.25, 0.3) is 0 Å². The summed E-state index contributed by atoms with van der Waals surface area (Å²) in [7, 11) is 0. The number of aliphatic hydroxyl groups is 1. The van der Waals surface area contributed by atoms with Gasteiger partial charge in [0.2, 0.25) is 0 Å². The van der Waals surface area contributed by atoms with E-state index in [1.807, 2.05) is 0 Å². The lowest BCUT2D eigenvalue weighted by atomic mass is 9.66.